The molecule has 1 saturated heterocycles. The summed E-state index contributed by atoms with van der Waals surface area (Å²) in [6.45, 7) is -0.0719. The zero-order valence-corrected chi connectivity index (χ0v) is 10.3. The molecule has 18 heavy (non-hydrogen) atoms. The first-order valence-electron chi connectivity index (χ1n) is 5.46. The van der Waals surface area contributed by atoms with Gasteiger partial charge in [0.1, 0.15) is 13.2 Å². The van der Waals surface area contributed by atoms with Crippen molar-refractivity contribution in [2.75, 3.05) is 39.6 Å². The molecule has 0 radical (unpaired) electrons. The second-order valence-corrected chi connectivity index (χ2v) is 4.30. The Morgan fingerprint density at radius 3 is 1.44 bits per heavy atom. The number of aliphatic hydroxyl groups is 6. The van der Waals surface area contributed by atoms with Crippen LogP contribution in [0.5, 0.6) is 0 Å². The summed E-state index contributed by atoms with van der Waals surface area (Å²) in [7, 11) is 0. The number of ether oxygens (including phenoxy) is 2. The largest absolute Gasteiger partial charge is 0.396 e. The summed E-state index contributed by atoms with van der Waals surface area (Å²) >= 11 is 0. The highest BCUT2D eigenvalue weighted by Crippen LogP contribution is 2.12. The van der Waals surface area contributed by atoms with E-state index in [-0.39, 0.29) is 19.5 Å². The zero-order chi connectivity index (χ0) is 14.2. The van der Waals surface area contributed by atoms with Crippen LogP contribution in [-0.4, -0.2) is 82.4 Å². The second kappa shape index (κ2) is 7.97. The van der Waals surface area contributed by atoms with E-state index in [1.807, 2.05) is 0 Å². The monoisotopic (exact) mass is 270 g/mol. The highest BCUT2D eigenvalue weighted by atomic mass is 16.7. The van der Waals surface area contributed by atoms with E-state index >= 15 is 0 Å². The van der Waals surface area contributed by atoms with Gasteiger partial charge < -0.3 is 40.1 Å². The Morgan fingerprint density at radius 2 is 1.28 bits per heavy atom. The summed E-state index contributed by atoms with van der Waals surface area (Å²) < 4.78 is 9.54. The van der Waals surface area contributed by atoms with Crippen LogP contribution in [0.15, 0.2) is 0 Å². The standard InChI is InChI=1S/C5H10O4.C5H12O4/c1-4-8-2-5(6,7)3-9-4;6-1-5(2-7,3-8)4-9/h4,6-7H,2-3H2,1H3;6-9H,1-4H2. The number of rotatable bonds is 4. The third-order valence-electron chi connectivity index (χ3n) is 2.44. The maximum atomic E-state index is 8.80. The van der Waals surface area contributed by atoms with E-state index in [0.29, 0.717) is 0 Å². The third-order valence-corrected chi connectivity index (χ3v) is 2.44. The Hall–Kier alpha value is -0.320. The zero-order valence-electron chi connectivity index (χ0n) is 10.3. The molecule has 0 aromatic rings. The van der Waals surface area contributed by atoms with Crippen LogP contribution in [0.2, 0.25) is 0 Å². The normalized spacial score (nSPS) is 20.2. The lowest BCUT2D eigenvalue weighted by atomic mass is 9.93. The van der Waals surface area contributed by atoms with Gasteiger partial charge in [-0.1, -0.05) is 0 Å². The Bertz CT molecular complexity index is 188. The number of hydrogen-bond acceptors (Lipinski definition) is 8. The molecule has 110 valence electrons. The first kappa shape index (κ1) is 17.7. The first-order chi connectivity index (χ1) is 8.34. The molecule has 1 fully saturated rings. The van der Waals surface area contributed by atoms with Crippen molar-refractivity contribution < 1.29 is 40.1 Å². The minimum Gasteiger partial charge on any atom is -0.396 e. The predicted octanol–water partition coefficient (Wildman–Crippen LogP) is -3.00. The van der Waals surface area contributed by atoms with Gasteiger partial charge in [0.05, 0.1) is 31.8 Å². The molecule has 0 amide bonds. The van der Waals surface area contributed by atoms with E-state index in [2.05, 4.69) is 0 Å². The van der Waals surface area contributed by atoms with Crippen LogP contribution in [0, 0.1) is 5.41 Å². The van der Waals surface area contributed by atoms with Gasteiger partial charge in [0.15, 0.2) is 6.29 Å². The maximum Gasteiger partial charge on any atom is 0.211 e. The molecule has 0 unspecified atom stereocenters. The highest BCUT2D eigenvalue weighted by Gasteiger charge is 2.30. The van der Waals surface area contributed by atoms with Crippen molar-refractivity contribution in [3.63, 3.8) is 0 Å². The fraction of sp³-hybridized carbons (Fsp3) is 1.00. The second-order valence-electron chi connectivity index (χ2n) is 4.30. The minimum absolute atomic E-state index is 0.0752. The van der Waals surface area contributed by atoms with Crippen LogP contribution >= 0.6 is 0 Å². The van der Waals surface area contributed by atoms with Gasteiger partial charge in [0, 0.05) is 0 Å². The molecule has 1 aliphatic rings. The van der Waals surface area contributed by atoms with Crippen LogP contribution in [-0.2, 0) is 9.47 Å². The molecule has 1 heterocycles. The molecule has 1 aliphatic heterocycles. The molecule has 8 heteroatoms. The van der Waals surface area contributed by atoms with E-state index in [1.165, 1.54) is 0 Å². The average molecular weight is 270 g/mol. The lowest BCUT2D eigenvalue weighted by Crippen LogP contribution is -2.46. The topological polar surface area (TPSA) is 140 Å². The Morgan fingerprint density at radius 1 is 0.944 bits per heavy atom. The molecular weight excluding hydrogens is 248 g/mol. The number of aliphatic hydroxyl groups excluding tert-OH is 4. The summed E-state index contributed by atoms with van der Waals surface area (Å²) in [4.78, 5) is 0. The van der Waals surface area contributed by atoms with E-state index in [1.54, 1.807) is 6.92 Å². The van der Waals surface area contributed by atoms with Crippen LogP contribution in [0.4, 0.5) is 0 Å². The molecular formula is C10H22O8. The van der Waals surface area contributed by atoms with Gasteiger partial charge in [-0.3, -0.25) is 0 Å². The van der Waals surface area contributed by atoms with Gasteiger partial charge in [-0.25, -0.2) is 0 Å². The third kappa shape index (κ3) is 6.03. The van der Waals surface area contributed by atoms with Crippen LogP contribution < -0.4 is 0 Å². The lowest BCUT2D eigenvalue weighted by molar-refractivity contribution is -0.315. The smallest absolute Gasteiger partial charge is 0.211 e. The summed E-state index contributed by atoms with van der Waals surface area (Å²) in [5.41, 5.74) is -1.11. The Labute approximate surface area is 105 Å². The van der Waals surface area contributed by atoms with Gasteiger partial charge in [-0.15, -0.1) is 0 Å². The molecule has 1 rings (SSSR count). The average Bonchev–Trinajstić information content (AvgIpc) is 2.38. The van der Waals surface area contributed by atoms with Gasteiger partial charge >= 0.3 is 0 Å². The van der Waals surface area contributed by atoms with E-state index in [9.17, 15) is 0 Å². The summed E-state index contributed by atoms with van der Waals surface area (Å²) in [6.07, 6.45) is -0.322. The lowest BCUT2D eigenvalue weighted by Gasteiger charge is -2.30. The first-order valence-corrected chi connectivity index (χ1v) is 5.46. The van der Waals surface area contributed by atoms with Crippen molar-refractivity contribution >= 4 is 0 Å². The molecule has 0 saturated carbocycles. The molecule has 6 N–H and O–H groups in total. The molecule has 0 spiro atoms. The number of hydrogen-bond donors (Lipinski definition) is 6. The molecule has 8 nitrogen and oxygen atoms in total. The summed E-state index contributed by atoms with van der Waals surface area (Å²) in [6, 6.07) is 0. The summed E-state index contributed by atoms with van der Waals surface area (Å²) in [5.74, 6) is -1.79. The van der Waals surface area contributed by atoms with E-state index < -0.39 is 37.6 Å². The molecule has 0 aromatic heterocycles. The predicted molar refractivity (Wildman–Crippen MR) is 59.3 cm³/mol. The summed E-state index contributed by atoms with van der Waals surface area (Å²) in [5, 5.41) is 51.6. The Kier molecular flexibility index (Phi) is 7.83. The SMILES string of the molecule is CC1OCC(O)(O)CO1.OCC(CO)(CO)CO. The van der Waals surface area contributed by atoms with Gasteiger partial charge in [0.2, 0.25) is 5.79 Å². The quantitative estimate of drug-likeness (QED) is 0.297. The van der Waals surface area contributed by atoms with Gasteiger partial charge in [0.25, 0.3) is 0 Å². The molecule has 0 aliphatic carbocycles. The van der Waals surface area contributed by atoms with Crippen molar-refractivity contribution in [2.24, 2.45) is 5.41 Å². The van der Waals surface area contributed by atoms with Crippen molar-refractivity contribution in [3.8, 4) is 0 Å². The fourth-order valence-electron chi connectivity index (χ4n) is 0.891. The van der Waals surface area contributed by atoms with Crippen molar-refractivity contribution in [1.29, 1.82) is 0 Å². The minimum atomic E-state index is -1.79. The van der Waals surface area contributed by atoms with Gasteiger partial charge in [-0.05, 0) is 6.92 Å². The van der Waals surface area contributed by atoms with Crippen molar-refractivity contribution in [2.45, 2.75) is 19.0 Å². The van der Waals surface area contributed by atoms with Crippen LogP contribution in [0.1, 0.15) is 6.92 Å². The van der Waals surface area contributed by atoms with E-state index in [0.717, 1.165) is 0 Å². The highest BCUT2D eigenvalue weighted by molar-refractivity contribution is 4.74. The molecule has 0 aromatic carbocycles. The fourth-order valence-corrected chi connectivity index (χ4v) is 0.891. The van der Waals surface area contributed by atoms with Crippen LogP contribution in [0.25, 0.3) is 0 Å². The van der Waals surface area contributed by atoms with E-state index in [4.69, 9.17) is 40.1 Å². The van der Waals surface area contributed by atoms with Crippen molar-refractivity contribution in [1.82, 2.24) is 0 Å². The van der Waals surface area contributed by atoms with Gasteiger partial charge in [-0.2, -0.15) is 0 Å². The Balaban J connectivity index is 0.000000321. The molecule has 0 bridgehead atoms. The maximum absolute atomic E-state index is 8.80. The molecule has 0 atom stereocenters. The van der Waals surface area contributed by atoms with Crippen molar-refractivity contribution in [3.05, 3.63) is 0 Å². The van der Waals surface area contributed by atoms with Crippen LogP contribution in [0.3, 0.4) is 0 Å².